The van der Waals surface area contributed by atoms with Crippen molar-refractivity contribution in [1.82, 2.24) is 20.8 Å². The van der Waals surface area contributed by atoms with E-state index in [-0.39, 0.29) is 29.6 Å². The molecule has 5 rings (SSSR count). The van der Waals surface area contributed by atoms with Crippen LogP contribution in [-0.2, 0) is 4.79 Å². The van der Waals surface area contributed by atoms with Crippen LogP contribution in [0.3, 0.4) is 0 Å². The lowest BCUT2D eigenvalue weighted by Crippen LogP contribution is -2.42. The van der Waals surface area contributed by atoms with Gasteiger partial charge in [0.25, 0.3) is 5.91 Å². The Bertz CT molecular complexity index is 1280. The van der Waals surface area contributed by atoms with Gasteiger partial charge < -0.3 is 20.4 Å². The molecular weight excluding hydrogens is 436 g/mol. The Balaban J connectivity index is 1.54. The largest absolute Gasteiger partial charge is 0.402 e. The van der Waals surface area contributed by atoms with E-state index in [1.54, 1.807) is 18.2 Å². The molecule has 0 fully saturated rings. The zero-order valence-corrected chi connectivity index (χ0v) is 17.7. The fourth-order valence-corrected chi connectivity index (χ4v) is 4.02. The molecule has 1 atom stereocenters. The lowest BCUT2D eigenvalue weighted by atomic mass is 9.96. The minimum Gasteiger partial charge on any atom is -0.402 e. The molecule has 1 amide bonds. The van der Waals surface area contributed by atoms with E-state index in [1.807, 2.05) is 37.3 Å². The van der Waals surface area contributed by atoms with Crippen LogP contribution < -0.4 is 16.0 Å². The van der Waals surface area contributed by atoms with Gasteiger partial charge in [0.2, 0.25) is 5.89 Å². The van der Waals surface area contributed by atoms with Crippen LogP contribution in [0, 0.1) is 0 Å². The van der Waals surface area contributed by atoms with Gasteiger partial charge in [0.05, 0.1) is 17.3 Å². The molecule has 3 aromatic rings. The van der Waals surface area contributed by atoms with Gasteiger partial charge in [0, 0.05) is 16.3 Å². The molecule has 0 aliphatic carbocycles. The van der Waals surface area contributed by atoms with Crippen LogP contribution >= 0.6 is 23.8 Å². The number of aromatic nitrogens is 2. The molecule has 1 unspecified atom stereocenters. The number of fused-ring (bicyclic) bond motifs is 1. The summed E-state index contributed by atoms with van der Waals surface area (Å²) in [5, 5.41) is 18.3. The molecule has 31 heavy (non-hydrogen) atoms. The first-order valence-electron chi connectivity index (χ1n) is 9.36. The smallest absolute Gasteiger partial charge is 0.343 e. The number of nitrogens with zero attached hydrogens (tertiary/aromatic N) is 3. The highest BCUT2D eigenvalue weighted by atomic mass is 35.5. The number of thiocarbonyl (C=S) groups is 1. The van der Waals surface area contributed by atoms with Gasteiger partial charge in [-0.1, -0.05) is 47.0 Å². The van der Waals surface area contributed by atoms with Crippen molar-refractivity contribution in [3.05, 3.63) is 76.3 Å². The van der Waals surface area contributed by atoms with Gasteiger partial charge in [-0.05, 0) is 42.9 Å². The second-order valence-electron chi connectivity index (χ2n) is 6.98. The molecule has 10 heteroatoms. The summed E-state index contributed by atoms with van der Waals surface area (Å²) in [5.74, 6) is -0.0844. The molecule has 0 bridgehead atoms. The van der Waals surface area contributed by atoms with Gasteiger partial charge in [-0.25, -0.2) is 0 Å². The number of aliphatic imine (C=N–C) groups is 1. The number of anilines is 1. The predicted molar refractivity (Wildman–Crippen MR) is 121 cm³/mol. The summed E-state index contributed by atoms with van der Waals surface area (Å²) in [4.78, 5) is 16.7. The lowest BCUT2D eigenvalue weighted by molar-refractivity contribution is -0.110. The van der Waals surface area contributed by atoms with Crippen LogP contribution in [0.1, 0.15) is 30.0 Å². The second-order valence-corrected chi connectivity index (χ2v) is 7.82. The van der Waals surface area contributed by atoms with Gasteiger partial charge in [0.1, 0.15) is 5.71 Å². The first kappa shape index (κ1) is 19.4. The quantitative estimate of drug-likeness (QED) is 0.522. The van der Waals surface area contributed by atoms with E-state index < -0.39 is 0 Å². The zero-order chi connectivity index (χ0) is 21.5. The topological polar surface area (TPSA) is 104 Å². The predicted octanol–water partition coefficient (Wildman–Crippen LogP) is 3.75. The summed E-state index contributed by atoms with van der Waals surface area (Å²) in [6, 6.07) is 14.6. The van der Waals surface area contributed by atoms with Crippen LogP contribution in [0.25, 0.3) is 5.57 Å². The van der Waals surface area contributed by atoms with Crippen LogP contribution in [-0.4, -0.2) is 26.9 Å². The third-order valence-corrected chi connectivity index (χ3v) is 5.41. The second kappa shape index (κ2) is 7.60. The molecule has 3 N–H and O–H groups in total. The Morgan fingerprint density at radius 1 is 1.13 bits per heavy atom. The number of hydrogen-bond donors (Lipinski definition) is 3. The van der Waals surface area contributed by atoms with E-state index >= 15 is 0 Å². The fourth-order valence-electron chi connectivity index (χ4n) is 3.57. The maximum atomic E-state index is 12.4. The molecule has 0 spiro atoms. The monoisotopic (exact) mass is 450 g/mol. The van der Waals surface area contributed by atoms with Crippen molar-refractivity contribution in [2.24, 2.45) is 4.99 Å². The van der Waals surface area contributed by atoms with Crippen molar-refractivity contribution in [3.8, 4) is 0 Å². The molecule has 1 aromatic heterocycles. The van der Waals surface area contributed by atoms with Gasteiger partial charge in [-0.2, -0.15) is 4.99 Å². The SMILES string of the molecule is CC1=C(c2nnc(N=C3C(=O)Nc4ccc(Cl)cc43)o2)C(c2ccccc2)NC(=S)N1. The average Bonchev–Trinajstić information content (AvgIpc) is 3.33. The molecule has 0 saturated heterocycles. The summed E-state index contributed by atoms with van der Waals surface area (Å²) in [6.45, 7) is 1.89. The first-order valence-corrected chi connectivity index (χ1v) is 10.2. The van der Waals surface area contributed by atoms with E-state index in [9.17, 15) is 4.79 Å². The van der Waals surface area contributed by atoms with Crippen molar-refractivity contribution < 1.29 is 9.21 Å². The summed E-state index contributed by atoms with van der Waals surface area (Å²) >= 11 is 11.4. The highest BCUT2D eigenvalue weighted by molar-refractivity contribution is 7.80. The van der Waals surface area contributed by atoms with E-state index in [4.69, 9.17) is 28.2 Å². The molecule has 2 aliphatic rings. The highest BCUT2D eigenvalue weighted by Crippen LogP contribution is 2.35. The van der Waals surface area contributed by atoms with Crippen molar-refractivity contribution in [2.45, 2.75) is 13.0 Å². The number of amides is 1. The summed E-state index contributed by atoms with van der Waals surface area (Å²) in [6.07, 6.45) is 0. The van der Waals surface area contributed by atoms with Crippen molar-refractivity contribution in [1.29, 1.82) is 0 Å². The number of carbonyl (C=O) groups excluding carboxylic acids is 1. The maximum absolute atomic E-state index is 12.4. The number of benzene rings is 2. The molecule has 3 heterocycles. The Morgan fingerprint density at radius 2 is 1.94 bits per heavy atom. The number of rotatable bonds is 3. The van der Waals surface area contributed by atoms with E-state index in [2.05, 4.69) is 31.1 Å². The number of hydrogen-bond acceptors (Lipinski definition) is 6. The van der Waals surface area contributed by atoms with E-state index in [1.165, 1.54) is 0 Å². The van der Waals surface area contributed by atoms with Gasteiger partial charge in [0.15, 0.2) is 5.11 Å². The molecule has 0 radical (unpaired) electrons. The van der Waals surface area contributed by atoms with Crippen molar-refractivity contribution in [3.63, 3.8) is 0 Å². The van der Waals surface area contributed by atoms with Gasteiger partial charge in [-0.15, -0.1) is 5.10 Å². The summed E-state index contributed by atoms with van der Waals surface area (Å²) < 4.78 is 5.83. The summed E-state index contributed by atoms with van der Waals surface area (Å²) in [7, 11) is 0. The Morgan fingerprint density at radius 3 is 2.74 bits per heavy atom. The number of allylic oxidation sites excluding steroid dienone is 1. The van der Waals surface area contributed by atoms with Crippen LogP contribution in [0.15, 0.2) is 63.6 Å². The molecule has 2 aromatic carbocycles. The Hall–Kier alpha value is -3.56. The minimum absolute atomic E-state index is 0.0340. The van der Waals surface area contributed by atoms with Crippen LogP contribution in [0.4, 0.5) is 11.7 Å². The third kappa shape index (κ3) is 3.58. The molecular formula is C21H15ClN6O2S. The van der Waals surface area contributed by atoms with E-state index in [0.717, 1.165) is 16.8 Å². The number of halogens is 1. The summed E-state index contributed by atoms with van der Waals surface area (Å²) in [5.41, 5.74) is 3.91. The standard InChI is InChI=1S/C21H15ClN6O2S/c1-10-15(16(26-21(31)23-10)11-5-3-2-4-6-11)19-27-28-20(30-19)25-17-13-9-12(22)7-8-14(13)24-18(17)29/h2-9,16H,1H3,(H2,23,26,31)(H,24,25,28,29). The molecule has 8 nitrogen and oxygen atoms in total. The lowest BCUT2D eigenvalue weighted by Gasteiger charge is -2.29. The molecule has 0 saturated carbocycles. The zero-order valence-electron chi connectivity index (χ0n) is 16.1. The Labute approximate surface area is 187 Å². The third-order valence-electron chi connectivity index (χ3n) is 4.95. The van der Waals surface area contributed by atoms with Gasteiger partial charge >= 0.3 is 6.01 Å². The highest BCUT2D eigenvalue weighted by Gasteiger charge is 2.31. The van der Waals surface area contributed by atoms with Gasteiger partial charge in [-0.3, -0.25) is 4.79 Å². The fraction of sp³-hybridized carbons (Fsp3) is 0.0952. The molecule has 154 valence electrons. The number of carbonyl (C=O) groups is 1. The minimum atomic E-state index is -0.360. The van der Waals surface area contributed by atoms with Crippen molar-refractivity contribution >= 4 is 57.8 Å². The van der Waals surface area contributed by atoms with E-state index in [0.29, 0.717) is 21.4 Å². The van der Waals surface area contributed by atoms with Crippen LogP contribution in [0.2, 0.25) is 5.02 Å². The molecule has 2 aliphatic heterocycles. The maximum Gasteiger partial charge on any atom is 0.343 e. The van der Waals surface area contributed by atoms with Crippen molar-refractivity contribution in [2.75, 3.05) is 5.32 Å². The number of nitrogens with one attached hydrogen (secondary N) is 3. The first-order chi connectivity index (χ1) is 15.0. The normalized spacial score (nSPS) is 19.2. The Kier molecular flexibility index (Phi) is 4.76. The average molecular weight is 451 g/mol. The van der Waals surface area contributed by atoms with Crippen LogP contribution in [0.5, 0.6) is 0 Å².